The van der Waals surface area contributed by atoms with Crippen molar-refractivity contribution in [2.24, 2.45) is 0 Å². The van der Waals surface area contributed by atoms with E-state index in [2.05, 4.69) is 15.3 Å². The van der Waals surface area contributed by atoms with E-state index in [0.29, 0.717) is 12.2 Å². The molecule has 0 aliphatic carbocycles. The van der Waals surface area contributed by atoms with E-state index in [1.54, 1.807) is 0 Å². The standard InChI is InChI=1S/C12H22N4O3S/c1-6-9-13-7-11(14-9)20(18,19)16(5)8-10(17)15-12(2,3)4/h7H,6,8H2,1-5H3,(H,13,14)(H,15,17). The number of sulfonamides is 1. The molecule has 20 heavy (non-hydrogen) atoms. The van der Waals surface area contributed by atoms with Gasteiger partial charge in [-0.25, -0.2) is 13.4 Å². The smallest absolute Gasteiger partial charge is 0.260 e. The van der Waals surface area contributed by atoms with Crippen molar-refractivity contribution < 1.29 is 13.2 Å². The van der Waals surface area contributed by atoms with Crippen molar-refractivity contribution in [3.63, 3.8) is 0 Å². The molecular formula is C12H22N4O3S. The number of nitrogens with zero attached hydrogens (tertiary/aromatic N) is 2. The summed E-state index contributed by atoms with van der Waals surface area (Å²) in [5.41, 5.74) is -0.398. The van der Waals surface area contributed by atoms with E-state index in [0.717, 1.165) is 4.31 Å². The maximum atomic E-state index is 12.2. The average Bonchev–Trinajstić information content (AvgIpc) is 2.74. The first kappa shape index (κ1) is 16.6. The Balaban J connectivity index is 2.80. The molecule has 0 bridgehead atoms. The van der Waals surface area contributed by atoms with Gasteiger partial charge in [-0.05, 0) is 20.8 Å². The van der Waals surface area contributed by atoms with E-state index in [-0.39, 0.29) is 17.5 Å². The highest BCUT2D eigenvalue weighted by Crippen LogP contribution is 2.12. The molecule has 0 unspecified atom stereocenters. The lowest BCUT2D eigenvalue weighted by molar-refractivity contribution is -0.122. The van der Waals surface area contributed by atoms with Crippen molar-refractivity contribution in [3.05, 3.63) is 12.0 Å². The van der Waals surface area contributed by atoms with Crippen molar-refractivity contribution in [2.45, 2.75) is 44.7 Å². The molecule has 0 atom stereocenters. The van der Waals surface area contributed by atoms with Gasteiger partial charge in [0.15, 0.2) is 5.03 Å². The first-order valence-electron chi connectivity index (χ1n) is 6.37. The molecule has 8 heteroatoms. The lowest BCUT2D eigenvalue weighted by Crippen LogP contribution is -2.46. The second-order valence-electron chi connectivity index (χ2n) is 5.61. The number of hydrogen-bond acceptors (Lipinski definition) is 4. The largest absolute Gasteiger partial charge is 0.350 e. The van der Waals surface area contributed by atoms with Gasteiger partial charge in [-0.1, -0.05) is 6.92 Å². The number of imidazole rings is 1. The van der Waals surface area contributed by atoms with Gasteiger partial charge in [0.2, 0.25) is 5.91 Å². The van der Waals surface area contributed by atoms with E-state index >= 15 is 0 Å². The molecule has 1 aromatic heterocycles. The highest BCUT2D eigenvalue weighted by atomic mass is 32.2. The fourth-order valence-corrected chi connectivity index (χ4v) is 2.62. The van der Waals surface area contributed by atoms with Gasteiger partial charge in [0.1, 0.15) is 5.82 Å². The maximum absolute atomic E-state index is 12.2. The van der Waals surface area contributed by atoms with Gasteiger partial charge in [-0.2, -0.15) is 4.31 Å². The van der Waals surface area contributed by atoms with E-state index in [9.17, 15) is 13.2 Å². The average molecular weight is 302 g/mol. The molecule has 114 valence electrons. The van der Waals surface area contributed by atoms with Crippen LogP contribution in [0.15, 0.2) is 11.2 Å². The van der Waals surface area contributed by atoms with Crippen molar-refractivity contribution in [1.82, 2.24) is 19.6 Å². The SMILES string of the molecule is CCc1ncc(S(=O)(=O)N(C)CC(=O)NC(C)(C)C)[nH]1. The summed E-state index contributed by atoms with van der Waals surface area (Å²) in [6.07, 6.45) is 1.88. The zero-order valence-corrected chi connectivity index (χ0v) is 13.3. The van der Waals surface area contributed by atoms with Crippen LogP contribution < -0.4 is 5.32 Å². The van der Waals surface area contributed by atoms with Gasteiger partial charge in [-0.15, -0.1) is 0 Å². The molecule has 0 radical (unpaired) electrons. The Bertz CT molecular complexity index is 572. The van der Waals surface area contributed by atoms with Crippen LogP contribution in [0.1, 0.15) is 33.5 Å². The molecule has 0 fully saturated rings. The molecule has 0 aliphatic heterocycles. The Morgan fingerprint density at radius 1 is 1.45 bits per heavy atom. The number of H-pyrrole nitrogens is 1. The van der Waals surface area contributed by atoms with Crippen molar-refractivity contribution in [1.29, 1.82) is 0 Å². The summed E-state index contributed by atoms with van der Waals surface area (Å²) in [4.78, 5) is 18.5. The van der Waals surface area contributed by atoms with Gasteiger partial charge in [0.05, 0.1) is 12.7 Å². The van der Waals surface area contributed by atoms with E-state index in [1.807, 2.05) is 27.7 Å². The monoisotopic (exact) mass is 302 g/mol. The van der Waals surface area contributed by atoms with E-state index in [4.69, 9.17) is 0 Å². The number of likely N-dealkylation sites (N-methyl/N-ethyl adjacent to an activating group) is 1. The van der Waals surface area contributed by atoms with Crippen molar-refractivity contribution in [2.75, 3.05) is 13.6 Å². The zero-order chi connectivity index (χ0) is 15.6. The molecule has 0 saturated heterocycles. The maximum Gasteiger partial charge on any atom is 0.260 e. The van der Waals surface area contributed by atoms with E-state index < -0.39 is 15.6 Å². The van der Waals surface area contributed by atoms with Crippen LogP contribution >= 0.6 is 0 Å². The predicted molar refractivity (Wildman–Crippen MR) is 75.7 cm³/mol. The molecule has 0 spiro atoms. The van der Waals surface area contributed by atoms with Crippen molar-refractivity contribution in [3.8, 4) is 0 Å². The van der Waals surface area contributed by atoms with Crippen LogP contribution in [0.2, 0.25) is 0 Å². The molecule has 1 amide bonds. The van der Waals surface area contributed by atoms with Crippen LogP contribution in [0, 0.1) is 0 Å². The lowest BCUT2D eigenvalue weighted by Gasteiger charge is -2.22. The molecule has 1 aromatic rings. The third-order valence-corrected chi connectivity index (χ3v) is 4.22. The number of rotatable bonds is 5. The third kappa shape index (κ3) is 4.31. The fraction of sp³-hybridized carbons (Fsp3) is 0.667. The number of aromatic nitrogens is 2. The zero-order valence-electron chi connectivity index (χ0n) is 12.5. The summed E-state index contributed by atoms with van der Waals surface area (Å²) in [5, 5.41) is 2.72. The quantitative estimate of drug-likeness (QED) is 0.828. The number of carbonyl (C=O) groups is 1. The minimum Gasteiger partial charge on any atom is -0.350 e. The number of aromatic amines is 1. The summed E-state index contributed by atoms with van der Waals surface area (Å²) >= 11 is 0. The van der Waals surface area contributed by atoms with Crippen LogP contribution in [-0.2, 0) is 21.2 Å². The topological polar surface area (TPSA) is 95.2 Å². The number of aryl methyl sites for hydroxylation is 1. The molecule has 0 saturated carbocycles. The Morgan fingerprint density at radius 3 is 2.50 bits per heavy atom. The van der Waals surface area contributed by atoms with Gasteiger partial charge < -0.3 is 10.3 Å². The molecular weight excluding hydrogens is 280 g/mol. The summed E-state index contributed by atoms with van der Waals surface area (Å²) in [6.45, 7) is 7.14. The fourth-order valence-electron chi connectivity index (χ4n) is 1.57. The minimum absolute atomic E-state index is 0.000378. The predicted octanol–water partition coefficient (Wildman–Crippen LogP) is 0.507. The number of hydrogen-bond donors (Lipinski definition) is 2. The summed E-state index contributed by atoms with van der Waals surface area (Å²) < 4.78 is 25.5. The summed E-state index contributed by atoms with van der Waals surface area (Å²) in [6, 6.07) is 0. The van der Waals surface area contributed by atoms with Crippen molar-refractivity contribution >= 4 is 15.9 Å². The normalized spacial score (nSPS) is 12.7. The van der Waals surface area contributed by atoms with E-state index in [1.165, 1.54) is 13.2 Å². The summed E-state index contributed by atoms with van der Waals surface area (Å²) in [5.74, 6) is 0.245. The van der Waals surface area contributed by atoms with Gasteiger partial charge in [0, 0.05) is 19.0 Å². The Labute approximate surface area is 119 Å². The number of amides is 1. The molecule has 2 N–H and O–H groups in total. The Kier molecular flexibility index (Phi) is 4.93. The molecule has 1 rings (SSSR count). The van der Waals surface area contributed by atoms with Crippen LogP contribution in [0.5, 0.6) is 0 Å². The van der Waals surface area contributed by atoms with Crippen LogP contribution in [0.25, 0.3) is 0 Å². The Hall–Kier alpha value is -1.41. The summed E-state index contributed by atoms with van der Waals surface area (Å²) in [7, 11) is -2.36. The van der Waals surface area contributed by atoms with Gasteiger partial charge in [0.25, 0.3) is 10.0 Å². The third-order valence-electron chi connectivity index (χ3n) is 2.51. The molecule has 7 nitrogen and oxygen atoms in total. The second kappa shape index (κ2) is 5.92. The van der Waals surface area contributed by atoms with Gasteiger partial charge in [-0.3, -0.25) is 4.79 Å². The molecule has 0 aromatic carbocycles. The second-order valence-corrected chi connectivity index (χ2v) is 7.62. The van der Waals surface area contributed by atoms with Crippen LogP contribution in [0.3, 0.4) is 0 Å². The minimum atomic E-state index is -3.72. The highest BCUT2D eigenvalue weighted by Gasteiger charge is 2.26. The number of nitrogens with one attached hydrogen (secondary N) is 2. The first-order valence-corrected chi connectivity index (χ1v) is 7.81. The van der Waals surface area contributed by atoms with Gasteiger partial charge >= 0.3 is 0 Å². The highest BCUT2D eigenvalue weighted by molar-refractivity contribution is 7.89. The van der Waals surface area contributed by atoms with Crippen LogP contribution in [0.4, 0.5) is 0 Å². The van der Waals surface area contributed by atoms with Crippen LogP contribution in [-0.4, -0.2) is 47.7 Å². The number of carbonyl (C=O) groups excluding carboxylic acids is 1. The Morgan fingerprint density at radius 2 is 2.05 bits per heavy atom. The first-order chi connectivity index (χ1) is 9.06. The lowest BCUT2D eigenvalue weighted by atomic mass is 10.1. The molecule has 1 heterocycles. The molecule has 0 aliphatic rings.